The molecule has 0 spiro atoms. The van der Waals surface area contributed by atoms with E-state index in [4.69, 9.17) is 9.97 Å². The van der Waals surface area contributed by atoms with Crippen molar-refractivity contribution in [3.05, 3.63) is 213 Å². The van der Waals surface area contributed by atoms with Crippen molar-refractivity contribution in [2.24, 2.45) is 0 Å². The van der Waals surface area contributed by atoms with Gasteiger partial charge in [0, 0.05) is 67.7 Å². The molecule has 0 aliphatic carbocycles. The minimum Gasteiger partial charge on any atom is -0.309 e. The Morgan fingerprint density at radius 2 is 0.746 bits per heavy atom. The third-order valence-electron chi connectivity index (χ3n) is 11.7. The fourth-order valence-electron chi connectivity index (χ4n) is 9.07. The lowest BCUT2D eigenvalue weighted by molar-refractivity contribution is 1.10. The Labute approximate surface area is 340 Å². The van der Waals surface area contributed by atoms with E-state index in [9.17, 15) is 0 Å². The third kappa shape index (κ3) is 5.33. The van der Waals surface area contributed by atoms with E-state index in [2.05, 4.69) is 202 Å². The molecule has 0 aliphatic rings. The molecule has 8 aromatic carbocycles. The van der Waals surface area contributed by atoms with Gasteiger partial charge in [-0.15, -0.1) is 0 Å². The minimum atomic E-state index is 0.912. The van der Waals surface area contributed by atoms with Crippen LogP contribution in [0.15, 0.2) is 213 Å². The molecule has 4 aromatic heterocycles. The molecular weight excluding hydrogens is 719 g/mol. The van der Waals surface area contributed by atoms with Gasteiger partial charge in [0.15, 0.2) is 0 Å². The second-order valence-corrected chi connectivity index (χ2v) is 15.1. The SMILES string of the molecule is c1ccc(-c2nc3ccccc3n2-c2cccc(-c3cncc(-c4cc(-n5c6ccccc6c6ccccc65)cc(-n5c6ccccc6c6ccccc65)c4)c3)c2)cc1. The van der Waals surface area contributed by atoms with Gasteiger partial charge in [-0.05, 0) is 83.9 Å². The van der Waals surface area contributed by atoms with E-state index in [0.29, 0.717) is 0 Å². The maximum atomic E-state index is 5.10. The van der Waals surface area contributed by atoms with Crippen LogP contribution in [0.1, 0.15) is 0 Å². The highest BCUT2D eigenvalue weighted by atomic mass is 15.1. The number of nitrogens with zero attached hydrogens (tertiary/aromatic N) is 5. The molecule has 276 valence electrons. The summed E-state index contributed by atoms with van der Waals surface area (Å²) in [5, 5.41) is 4.93. The van der Waals surface area contributed by atoms with E-state index in [0.717, 1.165) is 61.7 Å². The van der Waals surface area contributed by atoms with E-state index in [1.807, 2.05) is 24.5 Å². The molecular formula is C54H35N5. The summed E-state index contributed by atoms with van der Waals surface area (Å²) in [6.07, 6.45) is 3.96. The number of fused-ring (bicyclic) bond motifs is 7. The quantitative estimate of drug-likeness (QED) is 0.170. The van der Waals surface area contributed by atoms with Crippen LogP contribution >= 0.6 is 0 Å². The summed E-state index contributed by atoms with van der Waals surface area (Å²) in [5.74, 6) is 0.912. The van der Waals surface area contributed by atoms with Crippen molar-refractivity contribution in [3.8, 4) is 50.7 Å². The number of pyridine rings is 1. The predicted octanol–water partition coefficient (Wildman–Crippen LogP) is 13.6. The summed E-state index contributed by atoms with van der Waals surface area (Å²) in [6.45, 7) is 0. The first kappa shape index (κ1) is 33.2. The number of benzene rings is 8. The molecule has 5 nitrogen and oxygen atoms in total. The van der Waals surface area contributed by atoms with Crippen LogP contribution in [0.4, 0.5) is 0 Å². The zero-order valence-corrected chi connectivity index (χ0v) is 31.9. The molecule has 0 saturated heterocycles. The Hall–Kier alpha value is -8.02. The lowest BCUT2D eigenvalue weighted by Crippen LogP contribution is -2.00. The first-order valence-corrected chi connectivity index (χ1v) is 20.0. The summed E-state index contributed by atoms with van der Waals surface area (Å²) in [5.41, 5.74) is 15.2. The van der Waals surface area contributed by atoms with E-state index in [-0.39, 0.29) is 0 Å². The smallest absolute Gasteiger partial charge is 0.145 e. The molecule has 0 unspecified atom stereocenters. The molecule has 0 N–H and O–H groups in total. The summed E-state index contributed by atoms with van der Waals surface area (Å²) in [4.78, 5) is 9.99. The fourth-order valence-corrected chi connectivity index (χ4v) is 9.07. The molecule has 12 aromatic rings. The van der Waals surface area contributed by atoms with Crippen molar-refractivity contribution in [2.45, 2.75) is 0 Å². The van der Waals surface area contributed by atoms with Gasteiger partial charge in [0.05, 0.1) is 33.1 Å². The van der Waals surface area contributed by atoms with Crippen molar-refractivity contribution in [2.75, 3.05) is 0 Å². The number of hydrogen-bond acceptors (Lipinski definition) is 2. The monoisotopic (exact) mass is 753 g/mol. The molecule has 0 fully saturated rings. The Morgan fingerprint density at radius 3 is 1.32 bits per heavy atom. The third-order valence-corrected chi connectivity index (χ3v) is 11.7. The number of rotatable bonds is 6. The second kappa shape index (κ2) is 13.3. The predicted molar refractivity (Wildman–Crippen MR) is 244 cm³/mol. The van der Waals surface area contributed by atoms with Gasteiger partial charge in [0.2, 0.25) is 0 Å². The maximum absolute atomic E-state index is 5.10. The van der Waals surface area contributed by atoms with Gasteiger partial charge in [0.25, 0.3) is 0 Å². The second-order valence-electron chi connectivity index (χ2n) is 15.1. The van der Waals surface area contributed by atoms with E-state index in [1.54, 1.807) is 0 Å². The molecule has 4 heterocycles. The lowest BCUT2D eigenvalue weighted by atomic mass is 10.0. The molecule has 0 bridgehead atoms. The molecule has 0 radical (unpaired) electrons. The molecule has 12 rings (SSSR count). The van der Waals surface area contributed by atoms with Crippen LogP contribution < -0.4 is 0 Å². The van der Waals surface area contributed by atoms with Crippen LogP contribution in [0.5, 0.6) is 0 Å². The molecule has 0 saturated carbocycles. The first-order valence-electron chi connectivity index (χ1n) is 20.0. The summed E-state index contributed by atoms with van der Waals surface area (Å²) in [7, 11) is 0. The molecule has 5 heteroatoms. The van der Waals surface area contributed by atoms with Gasteiger partial charge >= 0.3 is 0 Å². The van der Waals surface area contributed by atoms with Gasteiger partial charge in [-0.3, -0.25) is 9.55 Å². The zero-order chi connectivity index (χ0) is 38.9. The van der Waals surface area contributed by atoms with E-state index in [1.165, 1.54) is 43.6 Å². The van der Waals surface area contributed by atoms with Gasteiger partial charge in [0.1, 0.15) is 5.82 Å². The van der Waals surface area contributed by atoms with Crippen molar-refractivity contribution in [3.63, 3.8) is 0 Å². The lowest BCUT2D eigenvalue weighted by Gasteiger charge is -2.16. The maximum Gasteiger partial charge on any atom is 0.145 e. The topological polar surface area (TPSA) is 40.6 Å². The van der Waals surface area contributed by atoms with E-state index < -0.39 is 0 Å². The zero-order valence-electron chi connectivity index (χ0n) is 31.9. The Bertz CT molecular complexity index is 3330. The van der Waals surface area contributed by atoms with Crippen LogP contribution in [0.3, 0.4) is 0 Å². The van der Waals surface area contributed by atoms with Crippen LogP contribution in [0.2, 0.25) is 0 Å². The normalized spacial score (nSPS) is 11.7. The average molecular weight is 754 g/mol. The molecule has 0 amide bonds. The number of para-hydroxylation sites is 6. The highest BCUT2D eigenvalue weighted by Gasteiger charge is 2.19. The highest BCUT2D eigenvalue weighted by molar-refractivity contribution is 6.10. The Kier molecular flexibility index (Phi) is 7.47. The summed E-state index contributed by atoms with van der Waals surface area (Å²) < 4.78 is 7.08. The summed E-state index contributed by atoms with van der Waals surface area (Å²) >= 11 is 0. The average Bonchev–Trinajstić information content (AvgIpc) is 3.98. The number of aromatic nitrogens is 5. The number of imidazole rings is 1. The largest absolute Gasteiger partial charge is 0.309 e. The number of hydrogen-bond donors (Lipinski definition) is 0. The highest BCUT2D eigenvalue weighted by Crippen LogP contribution is 2.39. The van der Waals surface area contributed by atoms with Crippen molar-refractivity contribution in [1.29, 1.82) is 0 Å². The summed E-state index contributed by atoms with van der Waals surface area (Å²) in [6, 6.07) is 71.6. The first-order chi connectivity index (χ1) is 29.3. The molecule has 0 aliphatic heterocycles. The van der Waals surface area contributed by atoms with E-state index >= 15 is 0 Å². The van der Waals surface area contributed by atoms with Crippen LogP contribution in [-0.2, 0) is 0 Å². The molecule has 0 atom stereocenters. The van der Waals surface area contributed by atoms with Gasteiger partial charge in [-0.2, -0.15) is 0 Å². The van der Waals surface area contributed by atoms with Gasteiger partial charge in [-0.25, -0.2) is 4.98 Å². The fraction of sp³-hybridized carbons (Fsp3) is 0. The van der Waals surface area contributed by atoms with Crippen molar-refractivity contribution < 1.29 is 0 Å². The van der Waals surface area contributed by atoms with Gasteiger partial charge < -0.3 is 9.13 Å². The minimum absolute atomic E-state index is 0.912. The van der Waals surface area contributed by atoms with Crippen LogP contribution in [0.25, 0.3) is 105 Å². The standard InChI is InChI=1S/C54H35N5/c1-2-15-36(16-3-1)54-56-48-23-8-13-28-53(48)59(54)41-18-14-17-37(30-41)39-29-40(35-55-34-39)38-31-42(57-49-24-9-4-19-44(49)45-20-5-10-25-50(45)57)33-43(32-38)58-51-26-11-6-21-46(51)47-22-7-12-27-52(47)58/h1-35H. The van der Waals surface area contributed by atoms with Crippen molar-refractivity contribution >= 4 is 54.6 Å². The molecule has 59 heavy (non-hydrogen) atoms. The Balaban J connectivity index is 1.06. The van der Waals surface area contributed by atoms with Gasteiger partial charge in [-0.1, -0.05) is 127 Å². The van der Waals surface area contributed by atoms with Crippen LogP contribution in [0, 0.1) is 0 Å². The Morgan fingerprint density at radius 1 is 0.288 bits per heavy atom. The van der Waals surface area contributed by atoms with Crippen molar-refractivity contribution in [1.82, 2.24) is 23.7 Å². The van der Waals surface area contributed by atoms with Crippen LogP contribution in [-0.4, -0.2) is 23.7 Å².